The summed E-state index contributed by atoms with van der Waals surface area (Å²) in [4.78, 5) is 25.6. The summed E-state index contributed by atoms with van der Waals surface area (Å²) in [5.41, 5.74) is 5.86. The number of thiophene rings is 1. The molecule has 2 aromatic carbocycles. The molecule has 2 amide bonds. The third-order valence-corrected chi connectivity index (χ3v) is 4.51. The normalized spacial score (nSPS) is 10.5. The molecular weight excluding hydrogens is 308 g/mol. The highest BCUT2D eigenvalue weighted by molar-refractivity contribution is 7.13. The van der Waals surface area contributed by atoms with Crippen LogP contribution < -0.4 is 10.9 Å². The van der Waals surface area contributed by atoms with E-state index in [4.69, 9.17) is 0 Å². The van der Waals surface area contributed by atoms with Crippen LogP contribution in [-0.4, -0.2) is 11.8 Å². The Morgan fingerprint density at radius 1 is 0.957 bits per heavy atom. The van der Waals surface area contributed by atoms with Crippen LogP contribution in [0.2, 0.25) is 0 Å². The van der Waals surface area contributed by atoms with Crippen LogP contribution in [0.1, 0.15) is 20.1 Å². The average Bonchev–Trinajstić information content (AvgIpc) is 2.99. The molecular formula is C18H16N2O2S. The summed E-state index contributed by atoms with van der Waals surface area (Å²) in [6, 6.07) is 17.4. The van der Waals surface area contributed by atoms with Crippen LogP contribution in [0.3, 0.4) is 0 Å². The minimum absolute atomic E-state index is 0.213. The van der Waals surface area contributed by atoms with Crippen molar-refractivity contribution >= 4 is 33.9 Å². The molecule has 0 bridgehead atoms. The van der Waals surface area contributed by atoms with E-state index in [1.54, 1.807) is 6.07 Å². The predicted molar refractivity (Wildman–Crippen MR) is 92.3 cm³/mol. The molecule has 0 saturated heterocycles. The minimum atomic E-state index is -0.297. The maximum Gasteiger partial charge on any atom is 0.279 e. The van der Waals surface area contributed by atoms with E-state index < -0.39 is 0 Å². The second-order valence-corrected chi connectivity index (χ2v) is 6.52. The Bertz CT molecular complexity index is 865. The lowest BCUT2D eigenvalue weighted by Gasteiger charge is -2.08. The van der Waals surface area contributed by atoms with Gasteiger partial charge in [0.2, 0.25) is 5.91 Å². The first-order valence-corrected chi connectivity index (χ1v) is 8.07. The third kappa shape index (κ3) is 3.57. The van der Waals surface area contributed by atoms with Gasteiger partial charge in [0.05, 0.1) is 11.3 Å². The summed E-state index contributed by atoms with van der Waals surface area (Å²) in [7, 11) is 0. The maximum atomic E-state index is 12.1. The van der Waals surface area contributed by atoms with Gasteiger partial charge < -0.3 is 0 Å². The van der Waals surface area contributed by atoms with Gasteiger partial charge in [-0.25, -0.2) is 0 Å². The second kappa shape index (κ2) is 6.62. The van der Waals surface area contributed by atoms with E-state index in [9.17, 15) is 9.59 Å². The monoisotopic (exact) mass is 324 g/mol. The van der Waals surface area contributed by atoms with E-state index >= 15 is 0 Å². The van der Waals surface area contributed by atoms with E-state index in [0.29, 0.717) is 4.88 Å². The van der Waals surface area contributed by atoms with Crippen LogP contribution in [0.5, 0.6) is 0 Å². The lowest BCUT2D eigenvalue weighted by molar-refractivity contribution is -0.121. The van der Waals surface area contributed by atoms with Crippen molar-refractivity contribution < 1.29 is 9.59 Å². The van der Waals surface area contributed by atoms with Crippen molar-refractivity contribution in [3.8, 4) is 0 Å². The van der Waals surface area contributed by atoms with Crippen molar-refractivity contribution in [3.05, 3.63) is 69.9 Å². The van der Waals surface area contributed by atoms with Crippen molar-refractivity contribution in [2.45, 2.75) is 13.3 Å². The van der Waals surface area contributed by atoms with Crippen LogP contribution in [-0.2, 0) is 11.2 Å². The van der Waals surface area contributed by atoms with Crippen LogP contribution in [0.15, 0.2) is 54.6 Å². The number of carbonyl (C=O) groups is 2. The highest BCUT2D eigenvalue weighted by Gasteiger charge is 2.10. The molecule has 2 N–H and O–H groups in total. The first-order chi connectivity index (χ1) is 11.1. The molecule has 0 radical (unpaired) electrons. The van der Waals surface area contributed by atoms with Crippen molar-refractivity contribution in [1.82, 2.24) is 10.9 Å². The van der Waals surface area contributed by atoms with E-state index in [-0.39, 0.29) is 18.2 Å². The second-order valence-electron chi connectivity index (χ2n) is 5.23. The summed E-state index contributed by atoms with van der Waals surface area (Å²) in [6.07, 6.45) is 0.213. The zero-order chi connectivity index (χ0) is 16.2. The van der Waals surface area contributed by atoms with Crippen LogP contribution in [0, 0.1) is 6.92 Å². The standard InChI is InChI=1S/C18H16N2O2S/c1-12-9-10-16(23-12)18(22)20-19-17(21)11-14-7-4-6-13-5-2-3-8-15(13)14/h2-10H,11H2,1H3,(H,19,21)(H,20,22). The molecule has 1 heterocycles. The summed E-state index contributed by atoms with van der Waals surface area (Å²) in [5, 5.41) is 2.14. The molecule has 5 heteroatoms. The van der Waals surface area contributed by atoms with Gasteiger partial charge in [-0.1, -0.05) is 42.5 Å². The van der Waals surface area contributed by atoms with E-state index in [2.05, 4.69) is 10.9 Å². The number of carbonyl (C=O) groups excluding carboxylic acids is 2. The number of aryl methyl sites for hydroxylation is 1. The number of hydrazine groups is 1. The van der Waals surface area contributed by atoms with Crippen molar-refractivity contribution in [2.24, 2.45) is 0 Å². The quantitative estimate of drug-likeness (QED) is 0.727. The van der Waals surface area contributed by atoms with Gasteiger partial charge in [0.25, 0.3) is 5.91 Å². The Morgan fingerprint density at radius 3 is 2.52 bits per heavy atom. The molecule has 0 aliphatic carbocycles. The molecule has 3 rings (SSSR count). The van der Waals surface area contributed by atoms with Gasteiger partial charge in [0.15, 0.2) is 0 Å². The molecule has 0 atom stereocenters. The number of hydrogen-bond acceptors (Lipinski definition) is 3. The fourth-order valence-corrected chi connectivity index (χ4v) is 3.17. The van der Waals surface area contributed by atoms with Crippen molar-refractivity contribution in [1.29, 1.82) is 0 Å². The van der Waals surface area contributed by atoms with Crippen LogP contribution in [0.4, 0.5) is 0 Å². The zero-order valence-electron chi connectivity index (χ0n) is 12.6. The third-order valence-electron chi connectivity index (χ3n) is 3.51. The summed E-state index contributed by atoms with van der Waals surface area (Å²) in [5.74, 6) is -0.544. The molecule has 116 valence electrons. The van der Waals surface area contributed by atoms with Gasteiger partial charge in [-0.2, -0.15) is 0 Å². The molecule has 0 spiro atoms. The highest BCUT2D eigenvalue weighted by Crippen LogP contribution is 2.18. The molecule has 0 aliphatic rings. The predicted octanol–water partition coefficient (Wildman–Crippen LogP) is 3.21. The van der Waals surface area contributed by atoms with Gasteiger partial charge in [0.1, 0.15) is 0 Å². The van der Waals surface area contributed by atoms with Gasteiger partial charge in [0, 0.05) is 4.88 Å². The van der Waals surface area contributed by atoms with Crippen LogP contribution >= 0.6 is 11.3 Å². The fourth-order valence-electron chi connectivity index (χ4n) is 2.41. The number of nitrogens with one attached hydrogen (secondary N) is 2. The van der Waals surface area contributed by atoms with E-state index in [1.807, 2.05) is 55.5 Å². The Morgan fingerprint density at radius 2 is 1.74 bits per heavy atom. The van der Waals surface area contributed by atoms with E-state index in [0.717, 1.165) is 21.2 Å². The summed E-state index contributed by atoms with van der Waals surface area (Å²) in [6.45, 7) is 1.93. The Balaban J connectivity index is 1.64. The smallest absolute Gasteiger partial charge is 0.273 e. The van der Waals surface area contributed by atoms with Gasteiger partial charge >= 0.3 is 0 Å². The van der Waals surface area contributed by atoms with E-state index in [1.165, 1.54) is 11.3 Å². The zero-order valence-corrected chi connectivity index (χ0v) is 13.4. The average molecular weight is 324 g/mol. The molecule has 4 nitrogen and oxygen atoms in total. The van der Waals surface area contributed by atoms with Gasteiger partial charge in [-0.05, 0) is 35.4 Å². The lowest BCUT2D eigenvalue weighted by atomic mass is 10.0. The molecule has 0 saturated carbocycles. The summed E-state index contributed by atoms with van der Waals surface area (Å²) < 4.78 is 0. The maximum absolute atomic E-state index is 12.1. The minimum Gasteiger partial charge on any atom is -0.273 e. The highest BCUT2D eigenvalue weighted by atomic mass is 32.1. The molecule has 0 aliphatic heterocycles. The largest absolute Gasteiger partial charge is 0.279 e. The number of hydrogen-bond donors (Lipinski definition) is 2. The van der Waals surface area contributed by atoms with Gasteiger partial charge in [-0.3, -0.25) is 20.4 Å². The number of rotatable bonds is 3. The first kappa shape index (κ1) is 15.2. The SMILES string of the molecule is Cc1ccc(C(=O)NNC(=O)Cc2cccc3ccccc23)s1. The summed E-state index contributed by atoms with van der Waals surface area (Å²) >= 11 is 1.39. The number of fused-ring (bicyclic) bond motifs is 1. The van der Waals surface area contributed by atoms with Crippen molar-refractivity contribution in [2.75, 3.05) is 0 Å². The van der Waals surface area contributed by atoms with Crippen LogP contribution in [0.25, 0.3) is 10.8 Å². The first-order valence-electron chi connectivity index (χ1n) is 7.26. The number of benzene rings is 2. The number of amides is 2. The van der Waals surface area contributed by atoms with Crippen molar-refractivity contribution in [3.63, 3.8) is 0 Å². The Labute approximate surface area is 138 Å². The molecule has 0 unspecified atom stereocenters. The Hall–Kier alpha value is -2.66. The fraction of sp³-hybridized carbons (Fsp3) is 0.111. The van der Waals surface area contributed by atoms with Gasteiger partial charge in [-0.15, -0.1) is 11.3 Å². The molecule has 0 fully saturated rings. The Kier molecular flexibility index (Phi) is 4.39. The molecule has 1 aromatic heterocycles. The molecule has 23 heavy (non-hydrogen) atoms. The molecule has 3 aromatic rings. The lowest BCUT2D eigenvalue weighted by Crippen LogP contribution is -2.42. The topological polar surface area (TPSA) is 58.2 Å².